The number of nitrogens with zero attached hydrogens (tertiary/aromatic N) is 4. The summed E-state index contributed by atoms with van der Waals surface area (Å²) in [5.41, 5.74) is 1.45. The van der Waals surface area contributed by atoms with E-state index < -0.39 is 0 Å². The van der Waals surface area contributed by atoms with E-state index >= 15 is 0 Å². The van der Waals surface area contributed by atoms with Gasteiger partial charge in [0.25, 0.3) is 5.91 Å². The van der Waals surface area contributed by atoms with Gasteiger partial charge in [-0.05, 0) is 37.0 Å². The maximum atomic E-state index is 13.0. The van der Waals surface area contributed by atoms with Gasteiger partial charge in [-0.3, -0.25) is 9.69 Å². The van der Waals surface area contributed by atoms with Crippen molar-refractivity contribution in [1.29, 1.82) is 0 Å². The minimum atomic E-state index is 0.0815. The first kappa shape index (κ1) is 17.2. The molecule has 2 saturated heterocycles. The lowest BCUT2D eigenvalue weighted by Crippen LogP contribution is -2.46. The normalized spacial score (nSPS) is 21.7. The number of carbonyl (C=O) groups is 1. The minimum Gasteiger partial charge on any atom is -0.423 e. The zero-order chi connectivity index (χ0) is 17.8. The van der Waals surface area contributed by atoms with E-state index in [1.165, 1.54) is 12.8 Å². The Balaban J connectivity index is 1.41. The highest BCUT2D eigenvalue weighted by Crippen LogP contribution is 2.22. The van der Waals surface area contributed by atoms with Gasteiger partial charge in [0.2, 0.25) is 12.3 Å². The van der Waals surface area contributed by atoms with Crippen LogP contribution in [0, 0.1) is 5.92 Å². The van der Waals surface area contributed by atoms with Crippen molar-refractivity contribution in [2.75, 3.05) is 45.9 Å². The van der Waals surface area contributed by atoms with Gasteiger partial charge in [0, 0.05) is 43.9 Å². The number of carbonyl (C=O) groups excluding carboxylic acids is 1. The van der Waals surface area contributed by atoms with E-state index in [2.05, 4.69) is 15.1 Å². The topological polar surface area (TPSA) is 71.7 Å². The molecule has 7 heteroatoms. The first-order chi connectivity index (χ1) is 12.8. The highest BCUT2D eigenvalue weighted by molar-refractivity contribution is 5.95. The Morgan fingerprint density at radius 2 is 2.12 bits per heavy atom. The van der Waals surface area contributed by atoms with Crippen molar-refractivity contribution in [2.45, 2.75) is 12.8 Å². The summed E-state index contributed by atoms with van der Waals surface area (Å²) in [5, 5.41) is 7.62. The number of likely N-dealkylation sites (tertiary alicyclic amines) is 1. The molecule has 2 aliphatic rings. The van der Waals surface area contributed by atoms with Gasteiger partial charge in [-0.25, -0.2) is 0 Å². The van der Waals surface area contributed by atoms with Crippen molar-refractivity contribution < 1.29 is 13.9 Å². The number of hydrogen-bond donors (Lipinski definition) is 0. The molecule has 0 spiro atoms. The predicted octanol–water partition coefficient (Wildman–Crippen LogP) is 1.92. The zero-order valence-corrected chi connectivity index (χ0v) is 14.8. The molecule has 0 aliphatic carbocycles. The Bertz CT molecular complexity index is 728. The summed E-state index contributed by atoms with van der Waals surface area (Å²) in [5.74, 6) is 1.05. The Kier molecular flexibility index (Phi) is 5.26. The molecule has 0 bridgehead atoms. The van der Waals surface area contributed by atoms with Crippen LogP contribution < -0.4 is 0 Å². The molecule has 26 heavy (non-hydrogen) atoms. The standard InChI is InChI=1S/C19H24N4O3/c24-19(17-5-1-4-16(11-17)18-21-20-14-26-18)23-6-2-3-15(13-23)12-22-7-9-25-10-8-22/h1,4-5,11,14-15H,2-3,6-10,12-13H2/t15-/m1/s1. The minimum absolute atomic E-state index is 0.0815. The third kappa shape index (κ3) is 3.94. The monoisotopic (exact) mass is 356 g/mol. The Morgan fingerprint density at radius 1 is 1.23 bits per heavy atom. The molecule has 1 amide bonds. The third-order valence-corrected chi connectivity index (χ3v) is 5.14. The maximum absolute atomic E-state index is 13.0. The van der Waals surface area contributed by atoms with Gasteiger partial charge in [-0.1, -0.05) is 6.07 Å². The molecular weight excluding hydrogens is 332 g/mol. The average Bonchev–Trinajstić information content (AvgIpc) is 3.23. The molecule has 0 saturated carbocycles. The molecule has 138 valence electrons. The smallest absolute Gasteiger partial charge is 0.253 e. The lowest BCUT2D eigenvalue weighted by molar-refractivity contribution is 0.0224. The second-order valence-corrected chi connectivity index (χ2v) is 7.00. The Hall–Kier alpha value is -2.25. The number of piperidine rings is 1. The summed E-state index contributed by atoms with van der Waals surface area (Å²) >= 11 is 0. The van der Waals surface area contributed by atoms with Crippen LogP contribution in [0.15, 0.2) is 35.1 Å². The quantitative estimate of drug-likeness (QED) is 0.833. The summed E-state index contributed by atoms with van der Waals surface area (Å²) in [6.07, 6.45) is 3.54. The van der Waals surface area contributed by atoms with Crippen molar-refractivity contribution in [1.82, 2.24) is 20.0 Å². The average molecular weight is 356 g/mol. The van der Waals surface area contributed by atoms with Crippen LogP contribution in [0.2, 0.25) is 0 Å². The number of hydrogen-bond acceptors (Lipinski definition) is 6. The van der Waals surface area contributed by atoms with Crippen LogP contribution >= 0.6 is 0 Å². The SMILES string of the molecule is O=C(c1cccc(-c2nnco2)c1)N1CCC[C@H](CN2CCOCC2)C1. The van der Waals surface area contributed by atoms with Crippen molar-refractivity contribution >= 4 is 5.91 Å². The number of morpholine rings is 1. The molecule has 2 fully saturated rings. The summed E-state index contributed by atoms with van der Waals surface area (Å²) < 4.78 is 10.7. The number of ether oxygens (including phenoxy) is 1. The summed E-state index contributed by atoms with van der Waals surface area (Å²) in [6.45, 7) is 6.32. The Labute approximate surface area is 152 Å². The van der Waals surface area contributed by atoms with Crippen LogP contribution in [-0.4, -0.2) is 71.8 Å². The van der Waals surface area contributed by atoms with Gasteiger partial charge in [0.1, 0.15) is 0 Å². The molecular formula is C19H24N4O3. The second kappa shape index (κ2) is 7.97. The molecule has 4 rings (SSSR count). The summed E-state index contributed by atoms with van der Waals surface area (Å²) in [7, 11) is 0. The van der Waals surface area contributed by atoms with Gasteiger partial charge >= 0.3 is 0 Å². The largest absolute Gasteiger partial charge is 0.423 e. The van der Waals surface area contributed by atoms with Gasteiger partial charge in [0.15, 0.2) is 0 Å². The molecule has 1 aromatic carbocycles. The highest BCUT2D eigenvalue weighted by atomic mass is 16.5. The van der Waals surface area contributed by atoms with E-state index in [4.69, 9.17) is 9.15 Å². The number of aromatic nitrogens is 2. The number of rotatable bonds is 4. The van der Waals surface area contributed by atoms with Crippen LogP contribution in [0.3, 0.4) is 0 Å². The second-order valence-electron chi connectivity index (χ2n) is 7.00. The van der Waals surface area contributed by atoms with E-state index in [0.717, 1.165) is 57.9 Å². The van der Waals surface area contributed by atoms with E-state index in [0.29, 0.717) is 17.4 Å². The van der Waals surface area contributed by atoms with Gasteiger partial charge in [0.05, 0.1) is 13.2 Å². The summed E-state index contributed by atoms with van der Waals surface area (Å²) in [4.78, 5) is 17.4. The van der Waals surface area contributed by atoms with Crippen molar-refractivity contribution in [3.8, 4) is 11.5 Å². The first-order valence-electron chi connectivity index (χ1n) is 9.25. The third-order valence-electron chi connectivity index (χ3n) is 5.14. The van der Waals surface area contributed by atoms with Crippen molar-refractivity contribution in [3.05, 3.63) is 36.2 Å². The molecule has 1 atom stereocenters. The van der Waals surface area contributed by atoms with Crippen molar-refractivity contribution in [2.24, 2.45) is 5.92 Å². The van der Waals surface area contributed by atoms with Crippen LogP contribution in [0.4, 0.5) is 0 Å². The number of benzene rings is 1. The van der Waals surface area contributed by atoms with Crippen LogP contribution in [-0.2, 0) is 4.74 Å². The predicted molar refractivity (Wildman–Crippen MR) is 95.6 cm³/mol. The molecule has 3 heterocycles. The molecule has 0 N–H and O–H groups in total. The lowest BCUT2D eigenvalue weighted by atomic mass is 9.96. The Morgan fingerprint density at radius 3 is 2.92 bits per heavy atom. The lowest BCUT2D eigenvalue weighted by Gasteiger charge is -2.36. The van der Waals surface area contributed by atoms with E-state index in [-0.39, 0.29) is 5.91 Å². The van der Waals surface area contributed by atoms with Crippen molar-refractivity contribution in [3.63, 3.8) is 0 Å². The fourth-order valence-electron chi connectivity index (χ4n) is 3.81. The van der Waals surface area contributed by atoms with Crippen LogP contribution in [0.5, 0.6) is 0 Å². The molecule has 2 aromatic rings. The molecule has 1 aromatic heterocycles. The fourth-order valence-corrected chi connectivity index (χ4v) is 3.81. The van der Waals surface area contributed by atoms with E-state index in [9.17, 15) is 4.79 Å². The molecule has 2 aliphatic heterocycles. The molecule has 0 unspecified atom stereocenters. The molecule has 0 radical (unpaired) electrons. The van der Waals surface area contributed by atoms with E-state index in [1.807, 2.05) is 29.2 Å². The number of amides is 1. The van der Waals surface area contributed by atoms with Crippen LogP contribution in [0.25, 0.3) is 11.5 Å². The van der Waals surface area contributed by atoms with Gasteiger partial charge < -0.3 is 14.1 Å². The summed E-state index contributed by atoms with van der Waals surface area (Å²) in [6, 6.07) is 7.43. The van der Waals surface area contributed by atoms with Crippen LogP contribution in [0.1, 0.15) is 23.2 Å². The first-order valence-corrected chi connectivity index (χ1v) is 9.25. The van der Waals surface area contributed by atoms with Gasteiger partial charge in [-0.2, -0.15) is 0 Å². The van der Waals surface area contributed by atoms with E-state index in [1.54, 1.807) is 0 Å². The van der Waals surface area contributed by atoms with Gasteiger partial charge in [-0.15, -0.1) is 10.2 Å². The zero-order valence-electron chi connectivity index (χ0n) is 14.8. The highest BCUT2D eigenvalue weighted by Gasteiger charge is 2.26. The maximum Gasteiger partial charge on any atom is 0.253 e. The molecule has 7 nitrogen and oxygen atoms in total. The fraction of sp³-hybridized carbons (Fsp3) is 0.526.